The largest absolute Gasteiger partial charge is 0.353 e. The van der Waals surface area contributed by atoms with Gasteiger partial charge in [-0.25, -0.2) is 9.97 Å². The van der Waals surface area contributed by atoms with Crippen molar-refractivity contribution in [3.05, 3.63) is 47.5 Å². The molecule has 2 saturated heterocycles. The zero-order chi connectivity index (χ0) is 24.9. The number of carbonyl (C=O) groups is 1. The van der Waals surface area contributed by atoms with Gasteiger partial charge >= 0.3 is 0 Å². The normalized spacial score (nSPS) is 21.9. The van der Waals surface area contributed by atoms with Crippen LogP contribution in [-0.4, -0.2) is 75.5 Å². The van der Waals surface area contributed by atoms with Crippen LogP contribution in [-0.2, 0) is 10.3 Å². The maximum absolute atomic E-state index is 13.1. The monoisotopic (exact) mass is 496 g/mol. The van der Waals surface area contributed by atoms with Gasteiger partial charge in [0, 0.05) is 44.5 Å². The average Bonchev–Trinajstić information content (AvgIpc) is 3.21. The minimum absolute atomic E-state index is 0.0176. The molecule has 0 unspecified atom stereocenters. The molecule has 5 rings (SSSR count). The molecule has 2 aliphatic heterocycles. The molecule has 0 saturated carbocycles. The van der Waals surface area contributed by atoms with Crippen molar-refractivity contribution >= 4 is 34.9 Å². The molecule has 0 bridgehead atoms. The van der Waals surface area contributed by atoms with Crippen LogP contribution in [0, 0.1) is 5.92 Å². The Bertz CT molecular complexity index is 1240. The average molecular weight is 497 g/mol. The van der Waals surface area contributed by atoms with E-state index in [1.54, 1.807) is 6.20 Å². The molecule has 3 aromatic heterocycles. The van der Waals surface area contributed by atoms with Crippen LogP contribution in [0.5, 0.6) is 0 Å². The fraction of sp³-hybridized carbons (Fsp3) is 0.520. The van der Waals surface area contributed by atoms with E-state index in [1.807, 2.05) is 48.8 Å². The first-order valence-corrected chi connectivity index (χ1v) is 12.5. The maximum atomic E-state index is 13.1. The summed E-state index contributed by atoms with van der Waals surface area (Å²) < 4.78 is 2.01. The minimum Gasteiger partial charge on any atom is -0.353 e. The molecule has 9 nitrogen and oxygen atoms in total. The van der Waals surface area contributed by atoms with Crippen molar-refractivity contribution in [2.24, 2.45) is 5.92 Å². The van der Waals surface area contributed by atoms with Crippen molar-refractivity contribution in [1.29, 1.82) is 0 Å². The van der Waals surface area contributed by atoms with Crippen LogP contribution in [0.2, 0.25) is 5.02 Å². The third-order valence-corrected chi connectivity index (χ3v) is 7.58. The third kappa shape index (κ3) is 4.43. The number of imidazole rings is 1. The molecule has 0 spiro atoms. The first kappa shape index (κ1) is 23.8. The number of anilines is 2. The minimum atomic E-state index is -0.563. The summed E-state index contributed by atoms with van der Waals surface area (Å²) in [6.07, 6.45) is 5.47. The van der Waals surface area contributed by atoms with Gasteiger partial charge in [0.2, 0.25) is 11.9 Å². The van der Waals surface area contributed by atoms with Crippen LogP contribution in [0.4, 0.5) is 11.8 Å². The van der Waals surface area contributed by atoms with Crippen LogP contribution in [0.3, 0.4) is 0 Å². The van der Waals surface area contributed by atoms with Gasteiger partial charge in [0.15, 0.2) is 5.82 Å². The summed E-state index contributed by atoms with van der Waals surface area (Å²) in [4.78, 5) is 33.6. The predicted molar refractivity (Wildman–Crippen MR) is 138 cm³/mol. The summed E-state index contributed by atoms with van der Waals surface area (Å²) in [7, 11) is 2.15. The molecule has 0 aliphatic carbocycles. The van der Waals surface area contributed by atoms with E-state index in [0.717, 1.165) is 24.4 Å². The zero-order valence-electron chi connectivity index (χ0n) is 20.9. The summed E-state index contributed by atoms with van der Waals surface area (Å²) in [6.45, 7) is 11.4. The van der Waals surface area contributed by atoms with E-state index in [1.165, 1.54) is 0 Å². The summed E-state index contributed by atoms with van der Waals surface area (Å²) in [5.74, 6) is 1.27. The first-order valence-electron chi connectivity index (χ1n) is 12.1. The number of likely N-dealkylation sites (N-methyl/N-ethyl adjacent to an activating group) is 1. The Hall–Kier alpha value is -2.91. The molecule has 1 amide bonds. The van der Waals surface area contributed by atoms with Gasteiger partial charge in [-0.1, -0.05) is 17.7 Å². The van der Waals surface area contributed by atoms with Gasteiger partial charge < -0.3 is 19.5 Å². The second kappa shape index (κ2) is 8.95. The van der Waals surface area contributed by atoms with Gasteiger partial charge in [-0.2, -0.15) is 4.98 Å². The Labute approximate surface area is 211 Å². The molecule has 2 atom stereocenters. The number of carbonyl (C=O) groups excluding carboxylic acids is 1. The summed E-state index contributed by atoms with van der Waals surface area (Å²) in [5.41, 5.74) is 1.24. The number of fused-ring (bicyclic) bond motifs is 1. The number of piperazine rings is 1. The molecule has 5 heterocycles. The van der Waals surface area contributed by atoms with Gasteiger partial charge in [0.05, 0.1) is 29.5 Å². The molecule has 186 valence electrons. The predicted octanol–water partition coefficient (Wildman–Crippen LogP) is 2.79. The maximum Gasteiger partial charge on any atom is 0.227 e. The smallest absolute Gasteiger partial charge is 0.227 e. The van der Waals surface area contributed by atoms with E-state index in [2.05, 4.69) is 50.9 Å². The number of hydrogen-bond acceptors (Lipinski definition) is 7. The fourth-order valence-corrected chi connectivity index (χ4v) is 5.18. The lowest BCUT2D eigenvalue weighted by atomic mass is 9.95. The van der Waals surface area contributed by atoms with Gasteiger partial charge in [-0.3, -0.25) is 9.69 Å². The number of aromatic nitrogens is 4. The molecule has 2 aliphatic rings. The van der Waals surface area contributed by atoms with Crippen LogP contribution in [0.25, 0.3) is 5.65 Å². The lowest BCUT2D eigenvalue weighted by molar-refractivity contribution is -0.127. The van der Waals surface area contributed by atoms with Crippen molar-refractivity contribution in [3.8, 4) is 0 Å². The molecule has 0 aromatic carbocycles. The Kier molecular flexibility index (Phi) is 6.09. The molecular weight excluding hydrogens is 464 g/mol. The number of rotatable bonds is 5. The number of amides is 1. The van der Waals surface area contributed by atoms with Gasteiger partial charge in [0.1, 0.15) is 10.7 Å². The second-order valence-corrected chi connectivity index (χ2v) is 10.8. The SMILES string of the molecule is C[C@@H]1CN(c2ncc(Cl)c(N3CC(C(=O)NC(C)(C)c4cnc5ccccn45)C3)n2)[C@@H](C)CN1C. The number of nitrogens with one attached hydrogen (secondary N) is 1. The third-order valence-electron chi connectivity index (χ3n) is 7.31. The van der Waals surface area contributed by atoms with Gasteiger partial charge in [0.25, 0.3) is 0 Å². The highest BCUT2D eigenvalue weighted by Gasteiger charge is 2.38. The highest BCUT2D eigenvalue weighted by Crippen LogP contribution is 2.32. The molecule has 10 heteroatoms. The Morgan fingerprint density at radius 3 is 2.63 bits per heavy atom. The van der Waals surface area contributed by atoms with E-state index in [0.29, 0.717) is 42.0 Å². The van der Waals surface area contributed by atoms with Gasteiger partial charge in [-0.15, -0.1) is 0 Å². The van der Waals surface area contributed by atoms with Crippen LogP contribution >= 0.6 is 11.6 Å². The molecule has 0 radical (unpaired) electrons. The second-order valence-electron chi connectivity index (χ2n) is 10.4. The quantitative estimate of drug-likeness (QED) is 0.581. The lowest BCUT2D eigenvalue weighted by Gasteiger charge is -2.43. The number of pyridine rings is 1. The van der Waals surface area contributed by atoms with E-state index in [4.69, 9.17) is 16.6 Å². The summed E-state index contributed by atoms with van der Waals surface area (Å²) in [5, 5.41) is 3.72. The molecule has 2 fully saturated rings. The van der Waals surface area contributed by atoms with Crippen molar-refractivity contribution in [1.82, 2.24) is 29.6 Å². The van der Waals surface area contributed by atoms with Crippen LogP contribution in [0.15, 0.2) is 36.8 Å². The zero-order valence-corrected chi connectivity index (χ0v) is 21.7. The number of hydrogen-bond donors (Lipinski definition) is 1. The first-order chi connectivity index (χ1) is 16.6. The van der Waals surface area contributed by atoms with E-state index in [-0.39, 0.29) is 11.8 Å². The highest BCUT2D eigenvalue weighted by atomic mass is 35.5. The van der Waals surface area contributed by atoms with Crippen molar-refractivity contribution in [3.63, 3.8) is 0 Å². The summed E-state index contributed by atoms with van der Waals surface area (Å²) >= 11 is 6.48. The highest BCUT2D eigenvalue weighted by molar-refractivity contribution is 6.32. The van der Waals surface area contributed by atoms with E-state index >= 15 is 0 Å². The number of halogens is 1. The Morgan fingerprint density at radius 2 is 1.86 bits per heavy atom. The van der Waals surface area contributed by atoms with E-state index < -0.39 is 5.54 Å². The number of nitrogens with zero attached hydrogens (tertiary/aromatic N) is 7. The van der Waals surface area contributed by atoms with E-state index in [9.17, 15) is 4.79 Å². The van der Waals surface area contributed by atoms with Gasteiger partial charge in [-0.05, 0) is 46.9 Å². The summed E-state index contributed by atoms with van der Waals surface area (Å²) in [6, 6.07) is 6.59. The lowest BCUT2D eigenvalue weighted by Crippen LogP contribution is -2.57. The van der Waals surface area contributed by atoms with Crippen LogP contribution in [0.1, 0.15) is 33.4 Å². The topological polar surface area (TPSA) is 81.9 Å². The Morgan fingerprint density at radius 1 is 1.09 bits per heavy atom. The van der Waals surface area contributed by atoms with Crippen molar-refractivity contribution < 1.29 is 4.79 Å². The standard InChI is InChI=1S/C25H33ClN8O/c1-16-13-34(17(2)12-31(16)5)24-28-10-19(26)22(29-24)32-14-18(15-32)23(35)30-25(3,4)20-11-27-21-8-6-7-9-33(20)21/h6-11,16-18H,12-15H2,1-5H3,(H,30,35)/t16-,17+/m1/s1. The Balaban J connectivity index is 1.26. The molecular formula is C25H33ClN8O. The molecule has 35 heavy (non-hydrogen) atoms. The van der Waals surface area contributed by atoms with Crippen molar-refractivity contribution in [2.75, 3.05) is 43.0 Å². The van der Waals surface area contributed by atoms with Crippen molar-refractivity contribution in [2.45, 2.75) is 45.3 Å². The molecule has 1 N–H and O–H groups in total. The van der Waals surface area contributed by atoms with Crippen LogP contribution < -0.4 is 15.1 Å². The fourth-order valence-electron chi connectivity index (χ4n) is 4.97. The molecule has 3 aromatic rings.